The average Bonchev–Trinajstić information content (AvgIpc) is 2.72. The van der Waals surface area contributed by atoms with Gasteiger partial charge in [0.05, 0.1) is 11.4 Å². The first kappa shape index (κ1) is 23.2. The fraction of sp³-hybridized carbons (Fsp3) is 0.696. The van der Waals surface area contributed by atoms with E-state index in [9.17, 15) is 13.2 Å². The van der Waals surface area contributed by atoms with Gasteiger partial charge in [-0.05, 0) is 41.9 Å². The molecule has 0 aromatic heterocycles. The molecule has 1 saturated carbocycles. The first-order valence-electron chi connectivity index (χ1n) is 11.3. The van der Waals surface area contributed by atoms with E-state index in [2.05, 4.69) is 37.9 Å². The smallest absolute Gasteiger partial charge is 0.243 e. The number of nitrogens with one attached hydrogen (secondary N) is 1. The molecule has 1 heterocycles. The van der Waals surface area contributed by atoms with Crippen molar-refractivity contribution in [3.05, 3.63) is 29.8 Å². The summed E-state index contributed by atoms with van der Waals surface area (Å²) in [6, 6.07) is 7.46. The van der Waals surface area contributed by atoms with Crippen LogP contribution in [0, 0.1) is 11.8 Å². The van der Waals surface area contributed by atoms with Gasteiger partial charge in [-0.25, -0.2) is 8.42 Å². The minimum Gasteiger partial charge on any atom is -0.352 e. The minimum atomic E-state index is -3.49. The van der Waals surface area contributed by atoms with Gasteiger partial charge in [-0.15, -0.1) is 0 Å². The third-order valence-corrected chi connectivity index (χ3v) is 8.85. The number of piperazine rings is 1. The van der Waals surface area contributed by atoms with Gasteiger partial charge in [-0.2, -0.15) is 4.31 Å². The molecule has 0 radical (unpaired) electrons. The van der Waals surface area contributed by atoms with Crippen LogP contribution in [0.1, 0.15) is 58.4 Å². The highest BCUT2D eigenvalue weighted by molar-refractivity contribution is 7.89. The molecule has 30 heavy (non-hydrogen) atoms. The van der Waals surface area contributed by atoms with Crippen molar-refractivity contribution in [2.24, 2.45) is 11.8 Å². The summed E-state index contributed by atoms with van der Waals surface area (Å²) >= 11 is 0. The summed E-state index contributed by atoms with van der Waals surface area (Å²) in [4.78, 5) is 14.9. The van der Waals surface area contributed by atoms with Crippen LogP contribution >= 0.6 is 0 Å². The summed E-state index contributed by atoms with van der Waals surface area (Å²) < 4.78 is 27.4. The van der Waals surface area contributed by atoms with Crippen molar-refractivity contribution in [2.45, 2.75) is 63.8 Å². The molecule has 1 aliphatic heterocycles. The van der Waals surface area contributed by atoms with Crippen molar-refractivity contribution in [3.8, 4) is 0 Å². The predicted octanol–water partition coefficient (Wildman–Crippen LogP) is 3.06. The Kier molecular flexibility index (Phi) is 7.58. The molecule has 6 nitrogen and oxygen atoms in total. The molecule has 1 aromatic carbocycles. The Morgan fingerprint density at radius 2 is 1.70 bits per heavy atom. The molecule has 0 bridgehead atoms. The Hall–Kier alpha value is -1.44. The summed E-state index contributed by atoms with van der Waals surface area (Å²) in [5, 5.41) is 3.22. The molecule has 2 fully saturated rings. The Morgan fingerprint density at radius 3 is 2.30 bits per heavy atom. The van der Waals surface area contributed by atoms with Gasteiger partial charge in [0.2, 0.25) is 15.9 Å². The maximum Gasteiger partial charge on any atom is 0.243 e. The standard InChI is InChI=1S/C23H37N3O3S/c1-17(2)20-8-10-21(11-9-20)30(28,29)26-14-12-25(13-15-26)16-23(27)24-22-7-5-6-18(3)19(22)4/h8-11,17-19,22H,5-7,12-16H2,1-4H3,(H,24,27)/t18-,19-,22-/m1/s1. The highest BCUT2D eigenvalue weighted by Crippen LogP contribution is 2.29. The summed E-state index contributed by atoms with van der Waals surface area (Å²) in [5.41, 5.74) is 1.13. The Morgan fingerprint density at radius 1 is 1.07 bits per heavy atom. The number of amides is 1. The molecule has 1 aromatic rings. The highest BCUT2D eigenvalue weighted by Gasteiger charge is 2.31. The number of benzene rings is 1. The van der Waals surface area contributed by atoms with Crippen LogP contribution in [0.2, 0.25) is 0 Å². The maximum atomic E-state index is 13.0. The molecular formula is C23H37N3O3S. The van der Waals surface area contributed by atoms with E-state index in [-0.39, 0.29) is 11.9 Å². The van der Waals surface area contributed by atoms with Crippen LogP contribution in [-0.2, 0) is 14.8 Å². The first-order valence-corrected chi connectivity index (χ1v) is 12.7. The second-order valence-corrected chi connectivity index (χ2v) is 11.3. The lowest BCUT2D eigenvalue weighted by Crippen LogP contribution is -2.52. The monoisotopic (exact) mass is 435 g/mol. The molecular weight excluding hydrogens is 398 g/mol. The second kappa shape index (κ2) is 9.79. The highest BCUT2D eigenvalue weighted by atomic mass is 32.2. The van der Waals surface area contributed by atoms with Gasteiger partial charge in [0.15, 0.2) is 0 Å². The summed E-state index contributed by atoms with van der Waals surface area (Å²) in [6.07, 6.45) is 3.47. The number of nitrogens with zero attached hydrogens (tertiary/aromatic N) is 2. The number of hydrogen-bond acceptors (Lipinski definition) is 4. The van der Waals surface area contributed by atoms with E-state index in [1.165, 1.54) is 17.1 Å². The normalized spacial score (nSPS) is 26.6. The zero-order valence-electron chi connectivity index (χ0n) is 18.8. The van der Waals surface area contributed by atoms with Crippen LogP contribution in [0.25, 0.3) is 0 Å². The third-order valence-electron chi connectivity index (χ3n) is 6.94. The molecule has 3 rings (SSSR count). The van der Waals surface area contributed by atoms with Crippen LogP contribution in [0.3, 0.4) is 0 Å². The number of carbonyl (C=O) groups excluding carboxylic acids is 1. The lowest BCUT2D eigenvalue weighted by molar-refractivity contribution is -0.124. The van der Waals surface area contributed by atoms with E-state index in [1.54, 1.807) is 12.1 Å². The van der Waals surface area contributed by atoms with Crippen molar-refractivity contribution >= 4 is 15.9 Å². The van der Waals surface area contributed by atoms with Crippen molar-refractivity contribution in [3.63, 3.8) is 0 Å². The number of sulfonamides is 1. The van der Waals surface area contributed by atoms with Crippen molar-refractivity contribution in [1.29, 1.82) is 0 Å². The van der Waals surface area contributed by atoms with E-state index >= 15 is 0 Å². The Balaban J connectivity index is 1.51. The largest absolute Gasteiger partial charge is 0.352 e. The molecule has 1 saturated heterocycles. The van der Waals surface area contributed by atoms with Crippen LogP contribution in [-0.4, -0.2) is 62.3 Å². The number of rotatable bonds is 6. The van der Waals surface area contributed by atoms with E-state index in [1.807, 2.05) is 12.1 Å². The molecule has 1 amide bonds. The van der Waals surface area contributed by atoms with Crippen molar-refractivity contribution < 1.29 is 13.2 Å². The lowest BCUT2D eigenvalue weighted by Gasteiger charge is -2.36. The summed E-state index contributed by atoms with van der Waals surface area (Å²) in [6.45, 7) is 11.0. The minimum absolute atomic E-state index is 0.0570. The average molecular weight is 436 g/mol. The summed E-state index contributed by atoms with van der Waals surface area (Å²) in [7, 11) is -3.49. The first-order chi connectivity index (χ1) is 14.2. The SMILES string of the molecule is CC(C)c1ccc(S(=O)(=O)N2CCN(CC(=O)N[C@@H]3CCC[C@@H](C)[C@H]3C)CC2)cc1. The van der Waals surface area contributed by atoms with E-state index in [0.717, 1.165) is 12.0 Å². The maximum absolute atomic E-state index is 13.0. The zero-order valence-corrected chi connectivity index (χ0v) is 19.6. The van der Waals surface area contributed by atoms with E-state index in [0.29, 0.717) is 55.4 Å². The quantitative estimate of drug-likeness (QED) is 0.746. The van der Waals surface area contributed by atoms with E-state index in [4.69, 9.17) is 0 Å². The van der Waals surface area contributed by atoms with Crippen molar-refractivity contribution in [2.75, 3.05) is 32.7 Å². The van der Waals surface area contributed by atoms with Gasteiger partial charge in [-0.3, -0.25) is 9.69 Å². The molecule has 7 heteroatoms. The van der Waals surface area contributed by atoms with Gasteiger partial charge in [-0.1, -0.05) is 52.7 Å². The lowest BCUT2D eigenvalue weighted by atomic mass is 9.78. The summed E-state index contributed by atoms with van der Waals surface area (Å²) in [5.74, 6) is 1.58. The molecule has 0 spiro atoms. The van der Waals surface area contributed by atoms with Crippen LogP contribution in [0.5, 0.6) is 0 Å². The molecule has 0 unspecified atom stereocenters. The van der Waals surface area contributed by atoms with Crippen LogP contribution in [0.4, 0.5) is 0 Å². The topological polar surface area (TPSA) is 69.7 Å². The van der Waals surface area contributed by atoms with Crippen molar-refractivity contribution in [1.82, 2.24) is 14.5 Å². The number of carbonyl (C=O) groups is 1. The van der Waals surface area contributed by atoms with Crippen LogP contribution < -0.4 is 5.32 Å². The molecule has 168 valence electrons. The van der Waals surface area contributed by atoms with Gasteiger partial charge >= 0.3 is 0 Å². The fourth-order valence-electron chi connectivity index (χ4n) is 4.54. The molecule has 3 atom stereocenters. The predicted molar refractivity (Wildman–Crippen MR) is 120 cm³/mol. The number of hydrogen-bond donors (Lipinski definition) is 1. The Bertz CT molecular complexity index is 815. The van der Waals surface area contributed by atoms with Crippen LogP contribution in [0.15, 0.2) is 29.2 Å². The third kappa shape index (κ3) is 5.42. The van der Waals surface area contributed by atoms with E-state index < -0.39 is 10.0 Å². The molecule has 1 N–H and O–H groups in total. The fourth-order valence-corrected chi connectivity index (χ4v) is 5.97. The van der Waals surface area contributed by atoms with Gasteiger partial charge in [0.1, 0.15) is 0 Å². The second-order valence-electron chi connectivity index (χ2n) is 9.35. The Labute approximate surface area is 182 Å². The van der Waals surface area contributed by atoms with Gasteiger partial charge in [0, 0.05) is 32.2 Å². The zero-order chi connectivity index (χ0) is 21.9. The van der Waals surface area contributed by atoms with Gasteiger partial charge in [0.25, 0.3) is 0 Å². The van der Waals surface area contributed by atoms with Gasteiger partial charge < -0.3 is 5.32 Å². The molecule has 1 aliphatic carbocycles. The molecule has 2 aliphatic rings.